The number of aliphatic carboxylic acids is 1. The van der Waals surface area contributed by atoms with E-state index in [4.69, 9.17) is 9.84 Å². The van der Waals surface area contributed by atoms with Gasteiger partial charge in [0.05, 0.1) is 12.6 Å². The third-order valence-electron chi connectivity index (χ3n) is 2.67. The second-order valence-electron chi connectivity index (χ2n) is 4.21. The molecule has 1 aromatic carbocycles. The van der Waals surface area contributed by atoms with Crippen LogP contribution in [0.1, 0.15) is 18.1 Å². The maximum atomic E-state index is 10.6. The minimum Gasteiger partial charge on any atom is -0.489 e. The van der Waals surface area contributed by atoms with Gasteiger partial charge in [-0.2, -0.15) is 5.10 Å². The smallest absolute Gasteiger partial charge is 0.307 e. The standard InChI is InChI=1S/C14H16N2O3/c1-2-16-9-12(8-15-16)10-19-13-5-3-4-11(6-13)7-14(17)18/h3-6,8-9H,2,7,10H2,1H3,(H,17,18). The molecule has 5 nitrogen and oxygen atoms in total. The number of ether oxygens (including phenoxy) is 1. The number of carboxylic acids is 1. The summed E-state index contributed by atoms with van der Waals surface area (Å²) < 4.78 is 7.46. The Morgan fingerprint density at radius 1 is 1.42 bits per heavy atom. The molecule has 100 valence electrons. The normalized spacial score (nSPS) is 10.4. The summed E-state index contributed by atoms with van der Waals surface area (Å²) in [5.41, 5.74) is 1.72. The molecule has 1 aromatic heterocycles. The fraction of sp³-hybridized carbons (Fsp3) is 0.286. The monoisotopic (exact) mass is 260 g/mol. The molecule has 0 saturated heterocycles. The minimum atomic E-state index is -0.846. The summed E-state index contributed by atoms with van der Waals surface area (Å²) in [5.74, 6) is -0.177. The number of rotatable bonds is 6. The van der Waals surface area contributed by atoms with Crippen molar-refractivity contribution in [2.24, 2.45) is 0 Å². The van der Waals surface area contributed by atoms with Gasteiger partial charge in [0.25, 0.3) is 0 Å². The molecule has 5 heteroatoms. The van der Waals surface area contributed by atoms with Crippen LogP contribution < -0.4 is 4.74 Å². The van der Waals surface area contributed by atoms with Crippen LogP contribution in [0.15, 0.2) is 36.7 Å². The second-order valence-corrected chi connectivity index (χ2v) is 4.21. The van der Waals surface area contributed by atoms with Crippen LogP contribution >= 0.6 is 0 Å². The van der Waals surface area contributed by atoms with Crippen LogP contribution in [-0.2, 0) is 24.4 Å². The number of benzene rings is 1. The predicted octanol–water partition coefficient (Wildman–Crippen LogP) is 2.11. The maximum Gasteiger partial charge on any atom is 0.307 e. The summed E-state index contributed by atoms with van der Waals surface area (Å²) in [4.78, 5) is 10.6. The molecule has 1 heterocycles. The van der Waals surface area contributed by atoms with E-state index in [1.165, 1.54) is 0 Å². The predicted molar refractivity (Wildman–Crippen MR) is 70.0 cm³/mol. The molecule has 0 unspecified atom stereocenters. The Labute approximate surface area is 111 Å². The molecular formula is C14H16N2O3. The molecule has 19 heavy (non-hydrogen) atoms. The van der Waals surface area contributed by atoms with E-state index in [2.05, 4.69) is 5.10 Å². The number of aryl methyl sites for hydroxylation is 1. The molecule has 0 aliphatic rings. The lowest BCUT2D eigenvalue weighted by molar-refractivity contribution is -0.136. The van der Waals surface area contributed by atoms with Gasteiger partial charge in [-0.25, -0.2) is 0 Å². The average Bonchev–Trinajstić information content (AvgIpc) is 2.84. The Balaban J connectivity index is 1.97. The molecule has 0 amide bonds. The number of nitrogens with zero attached hydrogens (tertiary/aromatic N) is 2. The van der Waals surface area contributed by atoms with E-state index in [1.807, 2.05) is 23.9 Å². The van der Waals surface area contributed by atoms with Crippen LogP contribution in [0.2, 0.25) is 0 Å². The van der Waals surface area contributed by atoms with Crippen LogP contribution in [0.5, 0.6) is 5.75 Å². The summed E-state index contributed by atoms with van der Waals surface area (Å²) in [6, 6.07) is 7.13. The molecule has 0 fully saturated rings. The Kier molecular flexibility index (Phi) is 4.18. The molecule has 0 spiro atoms. The van der Waals surface area contributed by atoms with Crippen molar-refractivity contribution in [1.82, 2.24) is 9.78 Å². The van der Waals surface area contributed by atoms with Crippen molar-refractivity contribution in [2.75, 3.05) is 0 Å². The van der Waals surface area contributed by atoms with Crippen molar-refractivity contribution in [3.8, 4) is 5.75 Å². The molecule has 2 aromatic rings. The minimum absolute atomic E-state index is 0.00493. The summed E-state index contributed by atoms with van der Waals surface area (Å²) in [6.07, 6.45) is 3.71. The van der Waals surface area contributed by atoms with Crippen LogP contribution in [0.25, 0.3) is 0 Å². The summed E-state index contributed by atoms with van der Waals surface area (Å²) in [5, 5.41) is 12.9. The van der Waals surface area contributed by atoms with Gasteiger partial charge >= 0.3 is 5.97 Å². The molecular weight excluding hydrogens is 244 g/mol. The maximum absolute atomic E-state index is 10.6. The first-order chi connectivity index (χ1) is 9.17. The second kappa shape index (κ2) is 6.04. The zero-order chi connectivity index (χ0) is 13.7. The van der Waals surface area contributed by atoms with Crippen molar-refractivity contribution < 1.29 is 14.6 Å². The quantitative estimate of drug-likeness (QED) is 0.864. The fourth-order valence-electron chi connectivity index (χ4n) is 1.74. The Morgan fingerprint density at radius 3 is 2.95 bits per heavy atom. The topological polar surface area (TPSA) is 64.3 Å². The highest BCUT2D eigenvalue weighted by molar-refractivity contribution is 5.70. The van der Waals surface area contributed by atoms with Gasteiger partial charge in [0, 0.05) is 18.3 Å². The number of carboxylic acid groups (broad SMARTS) is 1. The van der Waals surface area contributed by atoms with Crippen LogP contribution in [0.3, 0.4) is 0 Å². The van der Waals surface area contributed by atoms with Gasteiger partial charge in [-0.05, 0) is 24.6 Å². The Hall–Kier alpha value is -2.30. The van der Waals surface area contributed by atoms with Crippen molar-refractivity contribution in [1.29, 1.82) is 0 Å². The largest absolute Gasteiger partial charge is 0.489 e. The molecule has 1 N–H and O–H groups in total. The number of carbonyl (C=O) groups is 1. The van der Waals surface area contributed by atoms with Crippen LogP contribution in [-0.4, -0.2) is 20.9 Å². The number of hydrogen-bond acceptors (Lipinski definition) is 3. The zero-order valence-corrected chi connectivity index (χ0v) is 10.7. The SMILES string of the molecule is CCn1cc(COc2cccc(CC(=O)O)c2)cn1. The zero-order valence-electron chi connectivity index (χ0n) is 10.7. The molecule has 0 aliphatic heterocycles. The van der Waals surface area contributed by atoms with Gasteiger partial charge in [0.2, 0.25) is 0 Å². The summed E-state index contributed by atoms with van der Waals surface area (Å²) in [7, 11) is 0. The first-order valence-corrected chi connectivity index (χ1v) is 6.12. The van der Waals surface area contributed by atoms with Crippen LogP contribution in [0.4, 0.5) is 0 Å². The van der Waals surface area contributed by atoms with Gasteiger partial charge in [0.1, 0.15) is 12.4 Å². The molecule has 0 atom stereocenters. The number of hydrogen-bond donors (Lipinski definition) is 1. The summed E-state index contributed by atoms with van der Waals surface area (Å²) >= 11 is 0. The van der Waals surface area contributed by atoms with Crippen molar-refractivity contribution in [3.63, 3.8) is 0 Å². The highest BCUT2D eigenvalue weighted by Crippen LogP contribution is 2.15. The van der Waals surface area contributed by atoms with E-state index in [0.29, 0.717) is 12.4 Å². The van der Waals surface area contributed by atoms with E-state index in [-0.39, 0.29) is 6.42 Å². The first-order valence-electron chi connectivity index (χ1n) is 6.12. The first kappa shape index (κ1) is 13.1. The van der Waals surface area contributed by atoms with Gasteiger partial charge < -0.3 is 9.84 Å². The molecule has 2 rings (SSSR count). The van der Waals surface area contributed by atoms with E-state index in [9.17, 15) is 4.79 Å². The van der Waals surface area contributed by atoms with Crippen molar-refractivity contribution in [3.05, 3.63) is 47.8 Å². The average molecular weight is 260 g/mol. The molecule has 0 bridgehead atoms. The van der Waals surface area contributed by atoms with E-state index >= 15 is 0 Å². The molecule has 0 aliphatic carbocycles. The lowest BCUT2D eigenvalue weighted by atomic mass is 10.1. The van der Waals surface area contributed by atoms with E-state index < -0.39 is 5.97 Å². The van der Waals surface area contributed by atoms with E-state index in [0.717, 1.165) is 17.7 Å². The van der Waals surface area contributed by atoms with E-state index in [1.54, 1.807) is 24.4 Å². The van der Waals surface area contributed by atoms with Gasteiger partial charge in [-0.1, -0.05) is 12.1 Å². The van der Waals surface area contributed by atoms with Gasteiger partial charge in [-0.3, -0.25) is 9.48 Å². The van der Waals surface area contributed by atoms with Crippen LogP contribution in [0, 0.1) is 0 Å². The lowest BCUT2D eigenvalue weighted by Crippen LogP contribution is -2.00. The Morgan fingerprint density at radius 2 is 2.26 bits per heavy atom. The molecule has 0 saturated carbocycles. The molecule has 0 radical (unpaired) electrons. The number of aromatic nitrogens is 2. The van der Waals surface area contributed by atoms with Crippen molar-refractivity contribution >= 4 is 5.97 Å². The summed E-state index contributed by atoms with van der Waals surface area (Å²) in [6.45, 7) is 3.28. The van der Waals surface area contributed by atoms with Crippen molar-refractivity contribution in [2.45, 2.75) is 26.5 Å². The third-order valence-corrected chi connectivity index (χ3v) is 2.67. The highest BCUT2D eigenvalue weighted by atomic mass is 16.5. The third kappa shape index (κ3) is 3.84. The van der Waals surface area contributed by atoms with Gasteiger partial charge in [-0.15, -0.1) is 0 Å². The fourth-order valence-corrected chi connectivity index (χ4v) is 1.74. The highest BCUT2D eigenvalue weighted by Gasteiger charge is 2.03. The Bertz CT molecular complexity index is 563. The van der Waals surface area contributed by atoms with Gasteiger partial charge in [0.15, 0.2) is 0 Å². The lowest BCUT2D eigenvalue weighted by Gasteiger charge is -2.06.